The van der Waals surface area contributed by atoms with Crippen LogP contribution in [0.4, 0.5) is 5.69 Å². The zero-order valence-corrected chi connectivity index (χ0v) is 13.6. The summed E-state index contributed by atoms with van der Waals surface area (Å²) >= 11 is 1.65. The van der Waals surface area contributed by atoms with Crippen LogP contribution in [0.5, 0.6) is 0 Å². The van der Waals surface area contributed by atoms with E-state index in [1.165, 1.54) is 16.4 Å². The van der Waals surface area contributed by atoms with Crippen molar-refractivity contribution < 1.29 is 8.42 Å². The highest BCUT2D eigenvalue weighted by molar-refractivity contribution is 8.00. The van der Waals surface area contributed by atoms with Gasteiger partial charge in [0.15, 0.2) is 0 Å². The van der Waals surface area contributed by atoms with Gasteiger partial charge in [-0.1, -0.05) is 12.1 Å². The van der Waals surface area contributed by atoms with E-state index in [4.69, 9.17) is 0 Å². The van der Waals surface area contributed by atoms with Crippen LogP contribution in [0, 0.1) is 0 Å². The molecule has 1 aliphatic rings. The van der Waals surface area contributed by atoms with Gasteiger partial charge in [-0.3, -0.25) is 4.31 Å². The van der Waals surface area contributed by atoms with Crippen molar-refractivity contribution in [1.82, 2.24) is 9.97 Å². The number of hydrogen-bond acceptors (Lipinski definition) is 4. The molecule has 6 nitrogen and oxygen atoms in total. The maximum atomic E-state index is 13.0. The molecule has 0 fully saturated rings. The monoisotopic (exact) mass is 347 g/mol. The molecule has 0 bridgehead atoms. The Morgan fingerprint density at radius 3 is 2.70 bits per heavy atom. The maximum Gasteiger partial charge on any atom is 0.323 e. The lowest BCUT2D eigenvalue weighted by Gasteiger charge is -2.29. The van der Waals surface area contributed by atoms with E-state index in [1.807, 2.05) is 24.3 Å². The van der Waals surface area contributed by atoms with Crippen LogP contribution in [-0.4, -0.2) is 30.7 Å². The van der Waals surface area contributed by atoms with Crippen LogP contribution in [0.2, 0.25) is 0 Å². The zero-order valence-electron chi connectivity index (χ0n) is 11.9. The largest absolute Gasteiger partial charge is 0.323 e. The fourth-order valence-corrected chi connectivity index (χ4v) is 5.37. The predicted octanol–water partition coefficient (Wildman–Crippen LogP) is 2.16. The highest BCUT2D eigenvalue weighted by atomic mass is 32.2. The van der Waals surface area contributed by atoms with Crippen LogP contribution >= 0.6 is 11.8 Å². The number of rotatable bonds is 2. The van der Waals surface area contributed by atoms with Gasteiger partial charge in [0.2, 0.25) is 0 Å². The number of thioether (sulfide) groups is 1. The first-order chi connectivity index (χ1) is 11.1. The number of nitrogens with one attached hydrogen (secondary N) is 2. The summed E-state index contributed by atoms with van der Waals surface area (Å²) in [6, 6.07) is 12.1. The van der Waals surface area contributed by atoms with Gasteiger partial charge in [-0.25, -0.2) is 13.2 Å². The molecule has 0 saturated carbocycles. The minimum Gasteiger partial charge on any atom is -0.306 e. The highest BCUT2D eigenvalue weighted by Gasteiger charge is 2.29. The molecule has 118 valence electrons. The molecule has 0 aliphatic carbocycles. The summed E-state index contributed by atoms with van der Waals surface area (Å²) in [5.74, 6) is 0.708. The van der Waals surface area contributed by atoms with Crippen LogP contribution in [0.15, 0.2) is 57.1 Å². The smallest absolute Gasteiger partial charge is 0.306 e. The standard InChI is InChI=1S/C15H13N3O3S2/c19-15-16-11-6-5-10(9-12(11)17-15)23(20,21)18-7-8-22-14-4-2-1-3-13(14)18/h1-6,9H,7-8H2,(H2,16,17,19). The molecular weight excluding hydrogens is 334 g/mol. The van der Waals surface area contributed by atoms with Crippen molar-refractivity contribution in [3.05, 3.63) is 52.9 Å². The minimum atomic E-state index is -3.67. The van der Waals surface area contributed by atoms with E-state index in [-0.39, 0.29) is 10.6 Å². The second-order valence-corrected chi connectivity index (χ2v) is 8.18. The molecule has 4 rings (SSSR count). The van der Waals surface area contributed by atoms with Crippen molar-refractivity contribution in [2.75, 3.05) is 16.6 Å². The van der Waals surface area contributed by atoms with Crippen LogP contribution in [0.1, 0.15) is 0 Å². The summed E-state index contributed by atoms with van der Waals surface area (Å²) in [4.78, 5) is 17.7. The van der Waals surface area contributed by atoms with Crippen molar-refractivity contribution in [2.24, 2.45) is 0 Å². The topological polar surface area (TPSA) is 86.0 Å². The maximum absolute atomic E-state index is 13.0. The van der Waals surface area contributed by atoms with E-state index in [1.54, 1.807) is 17.8 Å². The van der Waals surface area contributed by atoms with Crippen LogP contribution in [0.3, 0.4) is 0 Å². The second-order valence-electron chi connectivity index (χ2n) is 5.18. The Morgan fingerprint density at radius 1 is 1.04 bits per heavy atom. The number of aromatic nitrogens is 2. The van der Waals surface area contributed by atoms with Crippen molar-refractivity contribution in [3.63, 3.8) is 0 Å². The van der Waals surface area contributed by atoms with Crippen molar-refractivity contribution in [3.8, 4) is 0 Å². The van der Waals surface area contributed by atoms with E-state index < -0.39 is 10.0 Å². The quantitative estimate of drug-likeness (QED) is 0.744. The molecule has 23 heavy (non-hydrogen) atoms. The number of nitrogens with zero attached hydrogens (tertiary/aromatic N) is 1. The Morgan fingerprint density at radius 2 is 1.83 bits per heavy atom. The fraction of sp³-hybridized carbons (Fsp3) is 0.133. The molecule has 1 aromatic heterocycles. The Balaban J connectivity index is 1.85. The lowest BCUT2D eigenvalue weighted by molar-refractivity contribution is 0.591. The lowest BCUT2D eigenvalue weighted by Crippen LogP contribution is -2.35. The number of H-pyrrole nitrogens is 2. The van der Waals surface area contributed by atoms with Crippen LogP contribution in [0.25, 0.3) is 11.0 Å². The van der Waals surface area contributed by atoms with E-state index in [0.717, 1.165) is 4.90 Å². The van der Waals surface area contributed by atoms with Crippen molar-refractivity contribution in [2.45, 2.75) is 9.79 Å². The average molecular weight is 347 g/mol. The Bertz CT molecular complexity index is 1050. The fourth-order valence-electron chi connectivity index (χ4n) is 2.69. The number of sulfonamides is 1. The van der Waals surface area contributed by atoms with E-state index >= 15 is 0 Å². The predicted molar refractivity (Wildman–Crippen MR) is 90.6 cm³/mol. The third-order valence-electron chi connectivity index (χ3n) is 3.76. The van der Waals surface area contributed by atoms with Gasteiger partial charge >= 0.3 is 5.69 Å². The summed E-state index contributed by atoms with van der Waals surface area (Å²) in [6.07, 6.45) is 0. The van der Waals surface area contributed by atoms with Gasteiger partial charge in [0.1, 0.15) is 0 Å². The summed E-state index contributed by atoms with van der Waals surface area (Å²) in [5, 5.41) is 0. The van der Waals surface area contributed by atoms with Crippen LogP contribution in [-0.2, 0) is 10.0 Å². The number of imidazole rings is 1. The number of anilines is 1. The summed E-state index contributed by atoms with van der Waals surface area (Å²) in [5.41, 5.74) is 1.42. The van der Waals surface area contributed by atoms with Gasteiger partial charge in [0.05, 0.1) is 21.6 Å². The molecule has 0 unspecified atom stereocenters. The normalized spacial score (nSPS) is 14.9. The van der Waals surface area contributed by atoms with Gasteiger partial charge in [0.25, 0.3) is 10.0 Å². The molecule has 0 saturated heterocycles. The van der Waals surface area contributed by atoms with Crippen molar-refractivity contribution >= 4 is 38.5 Å². The molecule has 8 heteroatoms. The summed E-state index contributed by atoms with van der Waals surface area (Å²) in [7, 11) is -3.67. The molecule has 0 spiro atoms. The summed E-state index contributed by atoms with van der Waals surface area (Å²) < 4.78 is 27.5. The number of benzene rings is 2. The Hall–Kier alpha value is -2.19. The minimum absolute atomic E-state index is 0.168. The molecule has 2 aromatic carbocycles. The number of aromatic amines is 2. The SMILES string of the molecule is O=c1[nH]c2ccc(S(=O)(=O)N3CCSc4ccccc43)cc2[nH]1. The van der Waals surface area contributed by atoms with Crippen LogP contribution < -0.4 is 9.99 Å². The summed E-state index contributed by atoms with van der Waals surface area (Å²) in [6.45, 7) is 0.422. The molecule has 2 heterocycles. The Labute approximate surface area is 136 Å². The Kier molecular flexibility index (Phi) is 3.24. The van der Waals surface area contributed by atoms with Gasteiger partial charge in [-0.2, -0.15) is 0 Å². The first-order valence-electron chi connectivity index (χ1n) is 7.02. The first kappa shape index (κ1) is 14.4. The van der Waals surface area contributed by atoms with E-state index in [9.17, 15) is 13.2 Å². The first-order valence-corrected chi connectivity index (χ1v) is 9.45. The lowest BCUT2D eigenvalue weighted by atomic mass is 10.3. The number of hydrogen-bond donors (Lipinski definition) is 2. The highest BCUT2D eigenvalue weighted by Crippen LogP contribution is 2.37. The molecule has 3 aromatic rings. The second kappa shape index (κ2) is 5.17. The average Bonchev–Trinajstić information content (AvgIpc) is 2.93. The molecule has 0 atom stereocenters. The third kappa shape index (κ3) is 2.34. The number of fused-ring (bicyclic) bond motifs is 2. The van der Waals surface area contributed by atoms with E-state index in [2.05, 4.69) is 9.97 Å². The molecular formula is C15H13N3O3S2. The van der Waals surface area contributed by atoms with Gasteiger partial charge in [-0.05, 0) is 30.3 Å². The van der Waals surface area contributed by atoms with Crippen molar-refractivity contribution in [1.29, 1.82) is 0 Å². The van der Waals surface area contributed by atoms with Gasteiger partial charge < -0.3 is 9.97 Å². The zero-order chi connectivity index (χ0) is 16.0. The van der Waals surface area contributed by atoms with E-state index in [0.29, 0.717) is 29.0 Å². The van der Waals surface area contributed by atoms with Gasteiger partial charge in [-0.15, -0.1) is 11.8 Å². The molecule has 0 radical (unpaired) electrons. The van der Waals surface area contributed by atoms with Gasteiger partial charge in [0, 0.05) is 17.2 Å². The molecule has 1 aliphatic heterocycles. The molecule has 2 N–H and O–H groups in total. The number of para-hydroxylation sites is 1. The molecule has 0 amide bonds. The third-order valence-corrected chi connectivity index (χ3v) is 6.61.